The standard InChI is InChI=1S/C12H18.C11H14.C11H12.C7H14.C5H12.C4H10/c1-4-7-10(2)12-9-6-5-8-11(12)3;1-8(2)11-6-5-9(3)10(4)7-11;1-4-10-5-7-11(8-6-10)9(2)3;1-4-5-6-7(2)3;1-3-5-4-2;1-3-4-2/h5-6,8-10H,4,7H2,1-3H3;5-7H,1H2,2-4H3;4-8H,1-2H2,3H3;2,4-6H2,1,3H3;3-5H2,1-2H3;3-4H2,1-2H3. The number of aryl methyl sites for hydroxylation is 3. The molecule has 0 bridgehead atoms. The van der Waals surface area contributed by atoms with E-state index in [0.717, 1.165) is 22.6 Å². The van der Waals surface area contributed by atoms with Gasteiger partial charge in [0.25, 0.3) is 0 Å². The average molecular weight is 681 g/mol. The zero-order valence-electron chi connectivity index (χ0n) is 35.4. The molecular formula is C50H80. The first-order chi connectivity index (χ1) is 23.7. The van der Waals surface area contributed by atoms with Crippen molar-refractivity contribution in [2.75, 3.05) is 0 Å². The molecule has 50 heavy (non-hydrogen) atoms. The van der Waals surface area contributed by atoms with Crippen LogP contribution in [0.2, 0.25) is 0 Å². The van der Waals surface area contributed by atoms with Crippen LogP contribution in [0.3, 0.4) is 0 Å². The van der Waals surface area contributed by atoms with Gasteiger partial charge < -0.3 is 0 Å². The van der Waals surface area contributed by atoms with Crippen LogP contribution in [0.15, 0.2) is 98.6 Å². The van der Waals surface area contributed by atoms with Gasteiger partial charge in [-0.05, 0) is 106 Å². The first kappa shape index (κ1) is 51.0. The van der Waals surface area contributed by atoms with Gasteiger partial charge in [0.05, 0.1) is 0 Å². The van der Waals surface area contributed by atoms with E-state index in [9.17, 15) is 0 Å². The van der Waals surface area contributed by atoms with E-state index in [1.165, 1.54) is 103 Å². The lowest BCUT2D eigenvalue weighted by Gasteiger charge is -2.12. The highest BCUT2D eigenvalue weighted by atomic mass is 14.1. The number of hydrogen-bond acceptors (Lipinski definition) is 0. The zero-order chi connectivity index (χ0) is 38.9. The smallest absolute Gasteiger partial charge is 0.0188 e. The van der Waals surface area contributed by atoms with E-state index < -0.39 is 0 Å². The third-order valence-corrected chi connectivity index (χ3v) is 8.24. The van der Waals surface area contributed by atoms with E-state index in [2.05, 4.69) is 157 Å². The number of unbranched alkanes of at least 4 members (excludes halogenated alkanes) is 4. The van der Waals surface area contributed by atoms with Gasteiger partial charge in [-0.25, -0.2) is 0 Å². The van der Waals surface area contributed by atoms with Crippen LogP contribution in [-0.4, -0.2) is 0 Å². The molecule has 0 N–H and O–H groups in total. The van der Waals surface area contributed by atoms with Gasteiger partial charge in [0.15, 0.2) is 0 Å². The van der Waals surface area contributed by atoms with Crippen molar-refractivity contribution in [1.82, 2.24) is 0 Å². The highest BCUT2D eigenvalue weighted by Crippen LogP contribution is 2.23. The van der Waals surface area contributed by atoms with Crippen LogP contribution in [0, 0.1) is 20.8 Å². The van der Waals surface area contributed by atoms with E-state index in [1.807, 2.05) is 32.1 Å². The summed E-state index contributed by atoms with van der Waals surface area (Å²) in [6.07, 6.45) is 14.9. The molecule has 0 aromatic heterocycles. The monoisotopic (exact) mass is 681 g/mol. The normalized spacial score (nSPS) is 9.94. The Morgan fingerprint density at radius 3 is 1.42 bits per heavy atom. The lowest BCUT2D eigenvalue weighted by molar-refractivity contribution is 0.661. The summed E-state index contributed by atoms with van der Waals surface area (Å²) in [5, 5.41) is 0. The summed E-state index contributed by atoms with van der Waals surface area (Å²) in [4.78, 5) is 0. The Bertz CT molecular complexity index is 1280. The Morgan fingerprint density at radius 1 is 0.580 bits per heavy atom. The van der Waals surface area contributed by atoms with Crippen molar-refractivity contribution < 1.29 is 0 Å². The summed E-state index contributed by atoms with van der Waals surface area (Å²) >= 11 is 0. The van der Waals surface area contributed by atoms with Crippen molar-refractivity contribution in [2.45, 2.75) is 160 Å². The van der Waals surface area contributed by atoms with E-state index in [-0.39, 0.29) is 0 Å². The van der Waals surface area contributed by atoms with Gasteiger partial charge in [-0.15, -0.1) is 6.58 Å². The van der Waals surface area contributed by atoms with Crippen molar-refractivity contribution in [3.8, 4) is 0 Å². The predicted octanol–water partition coefficient (Wildman–Crippen LogP) is 17.4. The molecule has 0 aliphatic heterocycles. The Kier molecular flexibility index (Phi) is 34.8. The van der Waals surface area contributed by atoms with Gasteiger partial charge in [0.2, 0.25) is 0 Å². The fourth-order valence-corrected chi connectivity index (χ4v) is 4.47. The van der Waals surface area contributed by atoms with Crippen LogP contribution < -0.4 is 0 Å². The first-order valence-corrected chi connectivity index (χ1v) is 19.5. The minimum absolute atomic E-state index is 0.719. The van der Waals surface area contributed by atoms with Crippen molar-refractivity contribution >= 4 is 17.2 Å². The molecule has 0 spiro atoms. The van der Waals surface area contributed by atoms with E-state index in [4.69, 9.17) is 0 Å². The van der Waals surface area contributed by atoms with Gasteiger partial charge in [-0.1, -0.05) is 203 Å². The average Bonchev–Trinajstić information content (AvgIpc) is 3.10. The highest BCUT2D eigenvalue weighted by Gasteiger charge is 2.05. The maximum atomic E-state index is 3.90. The van der Waals surface area contributed by atoms with Gasteiger partial charge in [-0.3, -0.25) is 0 Å². The van der Waals surface area contributed by atoms with Crippen molar-refractivity contribution in [3.63, 3.8) is 0 Å². The number of allylic oxidation sites excluding steroid dienone is 3. The minimum Gasteiger partial charge on any atom is -0.100 e. The van der Waals surface area contributed by atoms with E-state index in [1.54, 1.807) is 0 Å². The van der Waals surface area contributed by atoms with Gasteiger partial charge in [0.1, 0.15) is 0 Å². The van der Waals surface area contributed by atoms with Gasteiger partial charge in [-0.2, -0.15) is 0 Å². The maximum Gasteiger partial charge on any atom is -0.0188 e. The van der Waals surface area contributed by atoms with Crippen LogP contribution in [0.5, 0.6) is 0 Å². The topological polar surface area (TPSA) is 0 Å². The van der Waals surface area contributed by atoms with Crippen molar-refractivity contribution in [1.29, 1.82) is 0 Å². The molecule has 0 radical (unpaired) electrons. The van der Waals surface area contributed by atoms with Crippen LogP contribution in [-0.2, 0) is 0 Å². The van der Waals surface area contributed by atoms with Gasteiger partial charge >= 0.3 is 0 Å². The molecule has 0 nitrogen and oxygen atoms in total. The molecule has 0 saturated carbocycles. The number of benzene rings is 3. The largest absolute Gasteiger partial charge is 0.100 e. The fraction of sp³-hybridized carbons (Fsp3) is 0.480. The molecule has 280 valence electrons. The Hall–Kier alpha value is -3.38. The molecule has 3 aromatic rings. The Morgan fingerprint density at radius 2 is 1.08 bits per heavy atom. The molecule has 3 aromatic carbocycles. The lowest BCUT2D eigenvalue weighted by atomic mass is 9.93. The lowest BCUT2D eigenvalue weighted by Crippen LogP contribution is -1.95. The predicted molar refractivity (Wildman–Crippen MR) is 236 cm³/mol. The molecule has 0 fully saturated rings. The molecule has 0 heteroatoms. The minimum atomic E-state index is 0.719. The van der Waals surface area contributed by atoms with Crippen molar-refractivity contribution in [3.05, 3.63) is 138 Å². The second-order valence-corrected chi connectivity index (χ2v) is 13.6. The summed E-state index contributed by atoms with van der Waals surface area (Å²) < 4.78 is 0. The summed E-state index contributed by atoms with van der Waals surface area (Å²) in [7, 11) is 0. The second kappa shape index (κ2) is 34.1. The summed E-state index contributed by atoms with van der Waals surface area (Å²) in [5.74, 6) is 0.719. The summed E-state index contributed by atoms with van der Waals surface area (Å²) in [6, 6.07) is 23.3. The van der Waals surface area contributed by atoms with Crippen LogP contribution in [0.4, 0.5) is 0 Å². The molecule has 0 amide bonds. The molecule has 1 unspecified atom stereocenters. The molecule has 1 atom stereocenters. The zero-order valence-corrected chi connectivity index (χ0v) is 35.4. The third kappa shape index (κ3) is 28.5. The van der Waals surface area contributed by atoms with Crippen LogP contribution in [0.25, 0.3) is 17.2 Å². The molecule has 0 aliphatic carbocycles. The van der Waals surface area contributed by atoms with Gasteiger partial charge in [0, 0.05) is 0 Å². The fourth-order valence-electron chi connectivity index (χ4n) is 4.47. The number of hydrogen-bond donors (Lipinski definition) is 0. The number of rotatable bonds is 12. The SMILES string of the molecule is C=C(C)CCCC.C=C(C)c1ccc(C)c(C)c1.C=Cc1ccc(C(=C)C)cc1.CCCC.CCCC(C)c1ccccc1C.CCCCC. The molecule has 0 aliphatic rings. The molecule has 3 rings (SSSR count). The quantitative estimate of drug-likeness (QED) is 0.167. The van der Waals surface area contributed by atoms with E-state index in [0.29, 0.717) is 0 Å². The Labute approximate surface area is 313 Å². The van der Waals surface area contributed by atoms with Crippen molar-refractivity contribution in [2.24, 2.45) is 0 Å². The summed E-state index contributed by atoms with van der Waals surface area (Å²) in [5.41, 5.74) is 12.7. The van der Waals surface area contributed by atoms with E-state index >= 15 is 0 Å². The maximum absolute atomic E-state index is 3.90. The first-order valence-electron chi connectivity index (χ1n) is 19.5. The van der Waals surface area contributed by atoms with Crippen LogP contribution >= 0.6 is 0 Å². The molecular weight excluding hydrogens is 601 g/mol. The molecule has 0 saturated heterocycles. The second-order valence-electron chi connectivity index (χ2n) is 13.6. The summed E-state index contributed by atoms with van der Waals surface area (Å²) in [6.45, 7) is 43.3. The highest BCUT2D eigenvalue weighted by molar-refractivity contribution is 5.63. The van der Waals surface area contributed by atoms with Crippen LogP contribution in [0.1, 0.15) is 178 Å². The third-order valence-electron chi connectivity index (χ3n) is 8.24. The molecule has 0 heterocycles. The Balaban J connectivity index is -0.000000552.